The number of benzene rings is 1. The quantitative estimate of drug-likeness (QED) is 0.792. The van der Waals surface area contributed by atoms with Crippen LogP contribution in [0.15, 0.2) is 35.7 Å². The number of hydrogen-bond acceptors (Lipinski definition) is 5. The molecular weight excluding hydrogens is 314 g/mol. The summed E-state index contributed by atoms with van der Waals surface area (Å²) in [6.45, 7) is 4.42. The van der Waals surface area contributed by atoms with Gasteiger partial charge >= 0.3 is 0 Å². The van der Waals surface area contributed by atoms with Gasteiger partial charge in [-0.15, -0.1) is 22.7 Å². The zero-order chi connectivity index (χ0) is 15.5. The molecule has 0 aliphatic rings. The Morgan fingerprint density at radius 1 is 1.18 bits per heavy atom. The zero-order valence-electron chi connectivity index (χ0n) is 12.3. The molecule has 1 aromatic carbocycles. The summed E-state index contributed by atoms with van der Waals surface area (Å²) >= 11 is 3.09. The minimum absolute atomic E-state index is 0.149. The van der Waals surface area contributed by atoms with E-state index in [9.17, 15) is 4.79 Å². The van der Waals surface area contributed by atoms with E-state index in [0.29, 0.717) is 12.2 Å². The van der Waals surface area contributed by atoms with Crippen LogP contribution in [-0.2, 0) is 6.54 Å². The van der Waals surface area contributed by atoms with Crippen molar-refractivity contribution in [2.45, 2.75) is 20.4 Å². The first-order valence-electron chi connectivity index (χ1n) is 6.85. The van der Waals surface area contributed by atoms with Gasteiger partial charge in [0.2, 0.25) is 0 Å². The fourth-order valence-electron chi connectivity index (χ4n) is 2.08. The molecule has 0 radical (unpaired) electrons. The van der Waals surface area contributed by atoms with Crippen molar-refractivity contribution in [2.75, 3.05) is 0 Å². The van der Waals surface area contributed by atoms with Gasteiger partial charge in [0, 0.05) is 15.8 Å². The van der Waals surface area contributed by atoms with E-state index >= 15 is 0 Å². The van der Waals surface area contributed by atoms with Crippen molar-refractivity contribution >= 4 is 28.6 Å². The van der Waals surface area contributed by atoms with E-state index in [4.69, 9.17) is 0 Å². The molecule has 3 rings (SSSR count). The second-order valence-corrected chi connectivity index (χ2v) is 6.97. The van der Waals surface area contributed by atoms with Crippen LogP contribution in [0.2, 0.25) is 0 Å². The number of thiazole rings is 2. The minimum Gasteiger partial charge on any atom is -0.346 e. The molecule has 112 valence electrons. The summed E-state index contributed by atoms with van der Waals surface area (Å²) in [5, 5.41) is 6.58. The second-order valence-electron chi connectivity index (χ2n) is 4.83. The van der Waals surface area contributed by atoms with Crippen molar-refractivity contribution < 1.29 is 4.79 Å². The molecule has 0 saturated carbocycles. The van der Waals surface area contributed by atoms with Crippen LogP contribution in [0.5, 0.6) is 0 Å². The van der Waals surface area contributed by atoms with Crippen molar-refractivity contribution in [3.63, 3.8) is 0 Å². The average molecular weight is 329 g/mol. The molecule has 0 saturated heterocycles. The van der Waals surface area contributed by atoms with Crippen LogP contribution >= 0.6 is 22.7 Å². The Balaban J connectivity index is 1.68. The summed E-state index contributed by atoms with van der Waals surface area (Å²) in [6.07, 6.45) is 0. The summed E-state index contributed by atoms with van der Waals surface area (Å²) in [7, 11) is 0. The molecule has 2 heterocycles. The molecule has 0 fully saturated rings. The van der Waals surface area contributed by atoms with Gasteiger partial charge in [-0.05, 0) is 13.8 Å². The molecule has 0 aliphatic heterocycles. The first-order chi connectivity index (χ1) is 10.6. The molecule has 22 heavy (non-hydrogen) atoms. The number of nitrogens with zero attached hydrogens (tertiary/aromatic N) is 2. The maximum Gasteiger partial charge on any atom is 0.271 e. The SMILES string of the molecule is Cc1nc(C)c(CNC(=O)c2csc(-c3ccccc3)n2)s1. The molecule has 1 amide bonds. The van der Waals surface area contributed by atoms with E-state index in [-0.39, 0.29) is 5.91 Å². The number of amides is 1. The lowest BCUT2D eigenvalue weighted by atomic mass is 10.2. The lowest BCUT2D eigenvalue weighted by Gasteiger charge is -2.01. The molecule has 4 nitrogen and oxygen atoms in total. The molecular formula is C16H15N3OS2. The van der Waals surface area contributed by atoms with E-state index in [2.05, 4.69) is 15.3 Å². The lowest BCUT2D eigenvalue weighted by molar-refractivity contribution is 0.0947. The number of aromatic nitrogens is 2. The van der Waals surface area contributed by atoms with E-state index in [1.165, 1.54) is 11.3 Å². The van der Waals surface area contributed by atoms with Gasteiger partial charge in [0.05, 0.1) is 17.2 Å². The predicted molar refractivity (Wildman–Crippen MR) is 90.3 cm³/mol. The fourth-order valence-corrected chi connectivity index (χ4v) is 3.76. The van der Waals surface area contributed by atoms with Crippen LogP contribution in [0, 0.1) is 13.8 Å². The Kier molecular flexibility index (Phi) is 4.31. The first-order valence-corrected chi connectivity index (χ1v) is 8.55. The Labute approximate surface area is 136 Å². The van der Waals surface area contributed by atoms with Gasteiger partial charge in [0.25, 0.3) is 5.91 Å². The monoisotopic (exact) mass is 329 g/mol. The van der Waals surface area contributed by atoms with Crippen molar-refractivity contribution in [3.05, 3.63) is 57.0 Å². The molecule has 0 unspecified atom stereocenters. The third kappa shape index (κ3) is 3.23. The molecule has 0 spiro atoms. The van der Waals surface area contributed by atoms with Crippen molar-refractivity contribution in [2.24, 2.45) is 0 Å². The Morgan fingerprint density at radius 3 is 2.64 bits per heavy atom. The van der Waals surface area contributed by atoms with Crippen LogP contribution in [0.4, 0.5) is 0 Å². The Bertz CT molecular complexity index is 793. The molecule has 2 aromatic heterocycles. The van der Waals surface area contributed by atoms with Crippen LogP contribution in [0.3, 0.4) is 0 Å². The zero-order valence-corrected chi connectivity index (χ0v) is 13.9. The summed E-state index contributed by atoms with van der Waals surface area (Å²) in [4.78, 5) is 22.1. The highest BCUT2D eigenvalue weighted by Crippen LogP contribution is 2.23. The van der Waals surface area contributed by atoms with Gasteiger partial charge in [-0.2, -0.15) is 0 Å². The van der Waals surface area contributed by atoms with E-state index < -0.39 is 0 Å². The topological polar surface area (TPSA) is 54.9 Å². The summed E-state index contributed by atoms with van der Waals surface area (Å²) in [5.41, 5.74) is 2.47. The molecule has 0 bridgehead atoms. The number of hydrogen-bond donors (Lipinski definition) is 1. The maximum absolute atomic E-state index is 12.2. The highest BCUT2D eigenvalue weighted by molar-refractivity contribution is 7.13. The maximum atomic E-state index is 12.2. The van der Waals surface area contributed by atoms with Gasteiger partial charge in [0.15, 0.2) is 0 Å². The fraction of sp³-hybridized carbons (Fsp3) is 0.188. The normalized spacial score (nSPS) is 10.6. The molecule has 0 atom stereocenters. The molecule has 3 aromatic rings. The number of aryl methyl sites for hydroxylation is 2. The number of rotatable bonds is 4. The first kappa shape index (κ1) is 14.9. The summed E-state index contributed by atoms with van der Waals surface area (Å²) < 4.78 is 0. The second kappa shape index (κ2) is 6.37. The van der Waals surface area contributed by atoms with Gasteiger partial charge in [-0.3, -0.25) is 4.79 Å². The van der Waals surface area contributed by atoms with Gasteiger partial charge in [-0.25, -0.2) is 9.97 Å². The van der Waals surface area contributed by atoms with Gasteiger partial charge in [0.1, 0.15) is 10.7 Å². The highest BCUT2D eigenvalue weighted by Gasteiger charge is 2.13. The van der Waals surface area contributed by atoms with E-state index in [0.717, 1.165) is 26.1 Å². The van der Waals surface area contributed by atoms with Crippen molar-refractivity contribution in [3.8, 4) is 10.6 Å². The standard InChI is InChI=1S/C16H15N3OS2/c1-10-14(22-11(2)18-10)8-17-15(20)13-9-21-16(19-13)12-6-4-3-5-7-12/h3-7,9H,8H2,1-2H3,(H,17,20). The summed E-state index contributed by atoms with van der Waals surface area (Å²) in [5.74, 6) is -0.149. The van der Waals surface area contributed by atoms with Crippen LogP contribution in [-0.4, -0.2) is 15.9 Å². The van der Waals surface area contributed by atoms with Crippen LogP contribution < -0.4 is 5.32 Å². The number of nitrogens with one attached hydrogen (secondary N) is 1. The van der Waals surface area contributed by atoms with Crippen molar-refractivity contribution in [1.29, 1.82) is 0 Å². The Hall–Kier alpha value is -2.05. The summed E-state index contributed by atoms with van der Waals surface area (Å²) in [6, 6.07) is 9.87. The number of carbonyl (C=O) groups is 1. The average Bonchev–Trinajstić information content (AvgIpc) is 3.12. The third-order valence-corrected chi connectivity index (χ3v) is 5.13. The Morgan fingerprint density at radius 2 is 1.95 bits per heavy atom. The molecule has 1 N–H and O–H groups in total. The van der Waals surface area contributed by atoms with Gasteiger partial charge in [-0.1, -0.05) is 30.3 Å². The van der Waals surface area contributed by atoms with Crippen LogP contribution in [0.1, 0.15) is 26.1 Å². The van der Waals surface area contributed by atoms with Crippen LogP contribution in [0.25, 0.3) is 10.6 Å². The van der Waals surface area contributed by atoms with Crippen molar-refractivity contribution in [1.82, 2.24) is 15.3 Å². The largest absolute Gasteiger partial charge is 0.346 e. The smallest absolute Gasteiger partial charge is 0.271 e. The predicted octanol–water partition coefficient (Wildman–Crippen LogP) is 3.81. The molecule has 6 heteroatoms. The highest BCUT2D eigenvalue weighted by atomic mass is 32.1. The third-order valence-electron chi connectivity index (χ3n) is 3.17. The van der Waals surface area contributed by atoms with E-state index in [1.54, 1.807) is 16.7 Å². The molecule has 0 aliphatic carbocycles. The minimum atomic E-state index is -0.149. The van der Waals surface area contributed by atoms with E-state index in [1.807, 2.05) is 44.2 Å². The lowest BCUT2D eigenvalue weighted by Crippen LogP contribution is -2.22. The number of carbonyl (C=O) groups excluding carboxylic acids is 1. The van der Waals surface area contributed by atoms with Gasteiger partial charge < -0.3 is 5.32 Å².